The molecule has 1 amide bonds. The van der Waals surface area contributed by atoms with E-state index in [2.05, 4.69) is 15.2 Å². The molecule has 0 saturated carbocycles. The predicted molar refractivity (Wildman–Crippen MR) is 116 cm³/mol. The van der Waals surface area contributed by atoms with Crippen LogP contribution in [-0.4, -0.2) is 62.2 Å². The zero-order chi connectivity index (χ0) is 17.7. The lowest BCUT2D eigenvalue weighted by Gasteiger charge is -2.25. The second-order valence-corrected chi connectivity index (χ2v) is 7.85. The molecule has 6 nitrogen and oxygen atoms in total. The van der Waals surface area contributed by atoms with Gasteiger partial charge in [0.1, 0.15) is 0 Å². The van der Waals surface area contributed by atoms with Gasteiger partial charge in [-0.25, -0.2) is 0 Å². The quantitative estimate of drug-likeness (QED) is 0.406. The van der Waals surface area contributed by atoms with Gasteiger partial charge in [-0.05, 0) is 24.5 Å². The normalized spacial score (nSPS) is 31.1. The van der Waals surface area contributed by atoms with E-state index in [1.54, 1.807) is 0 Å². The number of carbonyl (C=O) groups excluding carboxylic acids is 1. The summed E-state index contributed by atoms with van der Waals surface area (Å²) in [5, 5.41) is 3.47. The minimum absolute atomic E-state index is 0. The Morgan fingerprint density at radius 3 is 2.63 bits per heavy atom. The van der Waals surface area contributed by atoms with Crippen molar-refractivity contribution in [1.29, 1.82) is 0 Å². The number of benzene rings is 1. The molecule has 146 valence electrons. The molecule has 2 bridgehead atoms. The first-order chi connectivity index (χ1) is 12.7. The number of carbonyl (C=O) groups is 1. The average molecular weight is 482 g/mol. The average Bonchev–Trinajstić information content (AvgIpc) is 3.39. The third-order valence-electron chi connectivity index (χ3n) is 6.51. The number of anilines is 1. The third kappa shape index (κ3) is 3.22. The Hall–Kier alpha value is -1.35. The van der Waals surface area contributed by atoms with Crippen molar-refractivity contribution in [2.45, 2.75) is 31.5 Å². The maximum atomic E-state index is 12.3. The number of nitrogens with zero attached hydrogens (tertiary/aromatic N) is 3. The number of fused-ring (bicyclic) bond motifs is 6. The first kappa shape index (κ1) is 19.0. The van der Waals surface area contributed by atoms with Gasteiger partial charge in [0.2, 0.25) is 5.91 Å². The number of amides is 1. The molecule has 0 aliphatic carbocycles. The van der Waals surface area contributed by atoms with Crippen molar-refractivity contribution in [3.05, 3.63) is 29.8 Å². The Kier molecular flexibility index (Phi) is 5.33. The lowest BCUT2D eigenvalue weighted by Crippen LogP contribution is -2.44. The molecule has 0 aromatic heterocycles. The van der Waals surface area contributed by atoms with E-state index in [9.17, 15) is 4.79 Å². The van der Waals surface area contributed by atoms with E-state index in [4.69, 9.17) is 4.74 Å². The summed E-state index contributed by atoms with van der Waals surface area (Å²) < 4.78 is 6.06. The minimum Gasteiger partial charge on any atom is -0.374 e. The van der Waals surface area contributed by atoms with E-state index in [-0.39, 0.29) is 29.9 Å². The van der Waals surface area contributed by atoms with Crippen molar-refractivity contribution in [2.24, 2.45) is 16.8 Å². The highest BCUT2D eigenvalue weighted by Crippen LogP contribution is 2.47. The van der Waals surface area contributed by atoms with E-state index in [1.807, 2.05) is 36.2 Å². The maximum Gasteiger partial charge on any atom is 0.231 e. The number of guanidine groups is 1. The topological polar surface area (TPSA) is 57.2 Å². The summed E-state index contributed by atoms with van der Waals surface area (Å²) >= 11 is 0. The molecule has 27 heavy (non-hydrogen) atoms. The lowest BCUT2D eigenvalue weighted by molar-refractivity contribution is -0.117. The highest BCUT2D eigenvalue weighted by molar-refractivity contribution is 14.0. The summed E-state index contributed by atoms with van der Waals surface area (Å²) in [5.41, 5.74) is 2.18. The van der Waals surface area contributed by atoms with Crippen LogP contribution in [0.15, 0.2) is 29.3 Å². The third-order valence-corrected chi connectivity index (χ3v) is 6.51. The minimum atomic E-state index is 0. The van der Waals surface area contributed by atoms with Gasteiger partial charge in [0.15, 0.2) is 5.96 Å². The number of ether oxygens (including phenoxy) is 1. The lowest BCUT2D eigenvalue weighted by atomic mass is 9.82. The summed E-state index contributed by atoms with van der Waals surface area (Å²) in [6.45, 7) is 3.46. The molecule has 5 rings (SSSR count). The Balaban J connectivity index is 0.00000180. The number of para-hydroxylation sites is 1. The molecule has 1 aromatic rings. The van der Waals surface area contributed by atoms with Crippen LogP contribution in [0.3, 0.4) is 0 Å². The van der Waals surface area contributed by atoms with Crippen LogP contribution in [-0.2, 0) is 16.0 Å². The van der Waals surface area contributed by atoms with Crippen LogP contribution in [0.5, 0.6) is 0 Å². The molecule has 3 saturated heterocycles. The van der Waals surface area contributed by atoms with Gasteiger partial charge in [-0.15, -0.1) is 24.0 Å². The summed E-state index contributed by atoms with van der Waals surface area (Å²) in [6, 6.07) is 8.07. The number of nitrogens with one attached hydrogen (secondary N) is 1. The molecule has 1 aromatic carbocycles. The standard InChI is InChI=1S/C20H26N4O2.HI/c1-21-20(23-11-14-15(12-23)18-7-6-17(14)26-18)22-8-9-24-16-5-3-2-4-13(16)10-19(24)25;/h2-5,14-15,17-18H,6-12H2,1H3,(H,21,22);1H. The Morgan fingerprint density at radius 1 is 1.22 bits per heavy atom. The van der Waals surface area contributed by atoms with Gasteiger partial charge < -0.3 is 19.9 Å². The van der Waals surface area contributed by atoms with Crippen LogP contribution in [0, 0.1) is 11.8 Å². The van der Waals surface area contributed by atoms with E-state index < -0.39 is 0 Å². The molecule has 4 aliphatic rings. The molecule has 4 atom stereocenters. The van der Waals surface area contributed by atoms with Gasteiger partial charge in [0.25, 0.3) is 0 Å². The Morgan fingerprint density at radius 2 is 1.93 bits per heavy atom. The van der Waals surface area contributed by atoms with Crippen molar-refractivity contribution in [1.82, 2.24) is 10.2 Å². The van der Waals surface area contributed by atoms with E-state index in [1.165, 1.54) is 12.8 Å². The highest BCUT2D eigenvalue weighted by Gasteiger charge is 2.53. The zero-order valence-corrected chi connectivity index (χ0v) is 18.0. The second kappa shape index (κ2) is 7.58. The molecule has 0 spiro atoms. The van der Waals surface area contributed by atoms with Crippen molar-refractivity contribution in [2.75, 3.05) is 38.1 Å². The molecule has 7 heteroatoms. The number of hydrogen-bond donors (Lipinski definition) is 1. The maximum absolute atomic E-state index is 12.3. The monoisotopic (exact) mass is 482 g/mol. The predicted octanol–water partition coefficient (Wildman–Crippen LogP) is 1.88. The number of aliphatic imine (C=N–C) groups is 1. The molecule has 1 N–H and O–H groups in total. The van der Waals surface area contributed by atoms with Crippen molar-refractivity contribution >= 4 is 41.5 Å². The van der Waals surface area contributed by atoms with Gasteiger partial charge >= 0.3 is 0 Å². The molecule has 0 radical (unpaired) electrons. The zero-order valence-electron chi connectivity index (χ0n) is 15.6. The van der Waals surface area contributed by atoms with Gasteiger partial charge in [-0.3, -0.25) is 9.79 Å². The van der Waals surface area contributed by atoms with Crippen LogP contribution >= 0.6 is 24.0 Å². The van der Waals surface area contributed by atoms with Crippen molar-refractivity contribution < 1.29 is 9.53 Å². The highest BCUT2D eigenvalue weighted by atomic mass is 127. The molecule has 4 heterocycles. The summed E-state index contributed by atoms with van der Waals surface area (Å²) in [4.78, 5) is 21.0. The summed E-state index contributed by atoms with van der Waals surface area (Å²) in [6.07, 6.45) is 3.90. The van der Waals surface area contributed by atoms with Gasteiger partial charge in [-0.2, -0.15) is 0 Å². The molecule has 4 unspecified atom stereocenters. The first-order valence-corrected chi connectivity index (χ1v) is 9.74. The fourth-order valence-electron chi connectivity index (χ4n) is 5.31. The molecular formula is C20H27IN4O2. The van der Waals surface area contributed by atoms with Crippen LogP contribution in [0.25, 0.3) is 0 Å². The largest absolute Gasteiger partial charge is 0.374 e. The van der Waals surface area contributed by atoms with Gasteiger partial charge in [0.05, 0.1) is 18.6 Å². The van der Waals surface area contributed by atoms with Gasteiger partial charge in [0, 0.05) is 50.7 Å². The second-order valence-electron chi connectivity index (χ2n) is 7.85. The summed E-state index contributed by atoms with van der Waals surface area (Å²) in [5.74, 6) is 2.48. The Bertz CT molecular complexity index is 737. The fourth-order valence-corrected chi connectivity index (χ4v) is 5.31. The molecule has 4 aliphatic heterocycles. The number of likely N-dealkylation sites (tertiary alicyclic amines) is 1. The van der Waals surface area contributed by atoms with Crippen LogP contribution in [0.2, 0.25) is 0 Å². The first-order valence-electron chi connectivity index (χ1n) is 9.74. The van der Waals surface area contributed by atoms with Crippen LogP contribution in [0.4, 0.5) is 5.69 Å². The smallest absolute Gasteiger partial charge is 0.231 e. The fraction of sp³-hybridized carbons (Fsp3) is 0.600. The SMILES string of the molecule is CN=C(NCCN1C(=O)Cc2ccccc21)N1CC2C3CCC(O3)C2C1.I. The van der Waals surface area contributed by atoms with E-state index in [0.717, 1.165) is 30.3 Å². The van der Waals surface area contributed by atoms with Crippen molar-refractivity contribution in [3.8, 4) is 0 Å². The van der Waals surface area contributed by atoms with Crippen LogP contribution < -0.4 is 10.2 Å². The number of rotatable bonds is 3. The van der Waals surface area contributed by atoms with E-state index in [0.29, 0.717) is 43.6 Å². The van der Waals surface area contributed by atoms with E-state index >= 15 is 0 Å². The molecular weight excluding hydrogens is 455 g/mol. The van der Waals surface area contributed by atoms with Gasteiger partial charge in [-0.1, -0.05) is 18.2 Å². The summed E-state index contributed by atoms with van der Waals surface area (Å²) in [7, 11) is 1.85. The molecule has 3 fully saturated rings. The van der Waals surface area contributed by atoms with Crippen LogP contribution in [0.1, 0.15) is 18.4 Å². The number of hydrogen-bond acceptors (Lipinski definition) is 3. The number of halogens is 1. The Labute approximate surface area is 177 Å². The van der Waals surface area contributed by atoms with Crippen molar-refractivity contribution in [3.63, 3.8) is 0 Å².